The Morgan fingerprint density at radius 1 is 1.44 bits per heavy atom. The molecule has 4 heteroatoms. The van der Waals surface area contributed by atoms with Crippen molar-refractivity contribution in [3.05, 3.63) is 24.0 Å². The van der Waals surface area contributed by atoms with Crippen LogP contribution in [-0.4, -0.2) is 23.0 Å². The number of carbonyl (C=O) groups excluding carboxylic acids is 1. The summed E-state index contributed by atoms with van der Waals surface area (Å²) >= 11 is 0. The van der Waals surface area contributed by atoms with Gasteiger partial charge in [-0.15, -0.1) is 0 Å². The molecular formula is C14H20N2O2. The van der Waals surface area contributed by atoms with Crippen LogP contribution in [0.2, 0.25) is 0 Å². The number of nitrogens with two attached hydrogens (primary N) is 1. The number of rotatable bonds is 4. The molecule has 98 valence electrons. The van der Waals surface area contributed by atoms with Gasteiger partial charge in [0.05, 0.1) is 5.56 Å². The van der Waals surface area contributed by atoms with Crippen molar-refractivity contribution in [3.8, 4) is 0 Å². The number of aromatic nitrogens is 1. The number of hydrogen-bond donors (Lipinski definition) is 1. The molecule has 0 saturated heterocycles. The van der Waals surface area contributed by atoms with Crippen molar-refractivity contribution in [1.82, 2.24) is 4.98 Å². The molecule has 2 rings (SSSR count). The van der Waals surface area contributed by atoms with E-state index in [2.05, 4.69) is 4.98 Å². The third-order valence-corrected chi connectivity index (χ3v) is 3.60. The molecule has 18 heavy (non-hydrogen) atoms. The summed E-state index contributed by atoms with van der Waals surface area (Å²) in [4.78, 5) is 16.7. The maximum Gasteiger partial charge on any atom is 0.198 e. The van der Waals surface area contributed by atoms with Gasteiger partial charge in [-0.1, -0.05) is 19.3 Å². The molecule has 0 spiro atoms. The standard InChI is InChI=1S/C14H20N2O2/c1-2-18-14(7-4-3-5-8-14)13(17)11-10-16-9-6-12(11)15/h6,9-10H,2-5,7-8H2,1H3,(H2,15,16). The number of nitrogen functional groups attached to an aromatic ring is 1. The van der Waals surface area contributed by atoms with Crippen LogP contribution in [0.15, 0.2) is 18.5 Å². The largest absolute Gasteiger partial charge is 0.398 e. The van der Waals surface area contributed by atoms with E-state index in [0.29, 0.717) is 17.9 Å². The lowest BCUT2D eigenvalue weighted by molar-refractivity contribution is -0.0410. The van der Waals surface area contributed by atoms with Gasteiger partial charge >= 0.3 is 0 Å². The van der Waals surface area contributed by atoms with Gasteiger partial charge in [-0.05, 0) is 25.8 Å². The molecule has 0 radical (unpaired) electrons. The van der Waals surface area contributed by atoms with E-state index >= 15 is 0 Å². The normalized spacial score (nSPS) is 18.5. The first-order valence-corrected chi connectivity index (χ1v) is 6.58. The predicted molar refractivity (Wildman–Crippen MR) is 70.4 cm³/mol. The molecule has 2 N–H and O–H groups in total. The minimum Gasteiger partial charge on any atom is -0.398 e. The predicted octanol–water partition coefficient (Wildman–Crippen LogP) is 2.59. The molecule has 0 atom stereocenters. The first-order chi connectivity index (χ1) is 8.69. The van der Waals surface area contributed by atoms with Crippen molar-refractivity contribution in [3.63, 3.8) is 0 Å². The van der Waals surface area contributed by atoms with Gasteiger partial charge in [-0.2, -0.15) is 0 Å². The number of anilines is 1. The topological polar surface area (TPSA) is 65.2 Å². The lowest BCUT2D eigenvalue weighted by Gasteiger charge is -2.35. The van der Waals surface area contributed by atoms with Gasteiger partial charge in [0.15, 0.2) is 5.78 Å². The van der Waals surface area contributed by atoms with E-state index in [9.17, 15) is 4.79 Å². The van der Waals surface area contributed by atoms with E-state index in [0.717, 1.165) is 25.7 Å². The van der Waals surface area contributed by atoms with Gasteiger partial charge in [0.25, 0.3) is 0 Å². The van der Waals surface area contributed by atoms with Crippen LogP contribution >= 0.6 is 0 Å². The second-order valence-corrected chi connectivity index (χ2v) is 4.78. The van der Waals surface area contributed by atoms with Crippen LogP contribution in [0.25, 0.3) is 0 Å². The van der Waals surface area contributed by atoms with E-state index < -0.39 is 5.60 Å². The Kier molecular flexibility index (Phi) is 3.97. The Balaban J connectivity index is 2.31. The highest BCUT2D eigenvalue weighted by Gasteiger charge is 2.41. The maximum atomic E-state index is 12.7. The molecule has 1 heterocycles. The van der Waals surface area contributed by atoms with Crippen LogP contribution in [0, 0.1) is 0 Å². The molecule has 4 nitrogen and oxygen atoms in total. The Labute approximate surface area is 108 Å². The Morgan fingerprint density at radius 3 is 2.78 bits per heavy atom. The lowest BCUT2D eigenvalue weighted by Crippen LogP contribution is -2.43. The first kappa shape index (κ1) is 13.0. The lowest BCUT2D eigenvalue weighted by atomic mass is 9.79. The zero-order chi connectivity index (χ0) is 13.0. The second-order valence-electron chi connectivity index (χ2n) is 4.78. The molecule has 1 aromatic rings. The Hall–Kier alpha value is -1.42. The molecule has 1 aliphatic rings. The van der Waals surface area contributed by atoms with Gasteiger partial charge in [0, 0.05) is 24.7 Å². The second kappa shape index (κ2) is 5.48. The summed E-state index contributed by atoms with van der Waals surface area (Å²) in [6.45, 7) is 2.47. The zero-order valence-electron chi connectivity index (χ0n) is 10.8. The van der Waals surface area contributed by atoms with Crippen molar-refractivity contribution in [2.75, 3.05) is 12.3 Å². The van der Waals surface area contributed by atoms with Crippen LogP contribution in [0.3, 0.4) is 0 Å². The van der Waals surface area contributed by atoms with Gasteiger partial charge in [-0.25, -0.2) is 0 Å². The van der Waals surface area contributed by atoms with E-state index in [-0.39, 0.29) is 5.78 Å². The van der Waals surface area contributed by atoms with Crippen LogP contribution in [-0.2, 0) is 4.74 Å². The summed E-state index contributed by atoms with van der Waals surface area (Å²) in [5.41, 5.74) is 6.17. The molecule has 1 aromatic heterocycles. The van der Waals surface area contributed by atoms with E-state index in [1.54, 1.807) is 18.5 Å². The third-order valence-electron chi connectivity index (χ3n) is 3.60. The summed E-state index contributed by atoms with van der Waals surface area (Å²) in [6.07, 6.45) is 7.96. The minimum atomic E-state index is -0.676. The molecule has 1 saturated carbocycles. The average molecular weight is 248 g/mol. The molecule has 0 aliphatic heterocycles. The van der Waals surface area contributed by atoms with Gasteiger partial charge in [-0.3, -0.25) is 9.78 Å². The summed E-state index contributed by atoms with van der Waals surface area (Å²) < 4.78 is 5.81. The number of ether oxygens (including phenoxy) is 1. The van der Waals surface area contributed by atoms with Gasteiger partial charge in [0.1, 0.15) is 5.60 Å². The van der Waals surface area contributed by atoms with Crippen LogP contribution < -0.4 is 5.73 Å². The molecule has 0 bridgehead atoms. The van der Waals surface area contributed by atoms with Crippen molar-refractivity contribution < 1.29 is 9.53 Å². The molecular weight excluding hydrogens is 228 g/mol. The van der Waals surface area contributed by atoms with E-state index in [1.165, 1.54) is 6.42 Å². The fraction of sp³-hybridized carbons (Fsp3) is 0.571. The molecule has 1 fully saturated rings. The fourth-order valence-electron chi connectivity index (χ4n) is 2.68. The summed E-state index contributed by atoms with van der Waals surface area (Å²) in [7, 11) is 0. The van der Waals surface area contributed by atoms with E-state index in [1.807, 2.05) is 6.92 Å². The Morgan fingerprint density at radius 2 is 2.17 bits per heavy atom. The molecule has 0 aromatic carbocycles. The monoisotopic (exact) mass is 248 g/mol. The minimum absolute atomic E-state index is 0.00495. The highest BCUT2D eigenvalue weighted by Crippen LogP contribution is 2.35. The van der Waals surface area contributed by atoms with Gasteiger partial charge in [0.2, 0.25) is 0 Å². The van der Waals surface area contributed by atoms with Crippen molar-refractivity contribution in [1.29, 1.82) is 0 Å². The number of pyridine rings is 1. The highest BCUT2D eigenvalue weighted by atomic mass is 16.5. The number of hydrogen-bond acceptors (Lipinski definition) is 4. The van der Waals surface area contributed by atoms with Crippen molar-refractivity contribution in [2.45, 2.75) is 44.6 Å². The third kappa shape index (κ3) is 2.38. The highest BCUT2D eigenvalue weighted by molar-refractivity contribution is 6.06. The van der Waals surface area contributed by atoms with Crippen molar-refractivity contribution in [2.24, 2.45) is 0 Å². The average Bonchev–Trinajstić information content (AvgIpc) is 2.40. The van der Waals surface area contributed by atoms with Crippen LogP contribution in [0.5, 0.6) is 0 Å². The maximum absolute atomic E-state index is 12.7. The number of carbonyl (C=O) groups is 1. The molecule has 0 amide bonds. The summed E-state index contributed by atoms with van der Waals surface area (Å²) in [5, 5.41) is 0. The number of ketones is 1. The number of Topliss-reactive ketones (excluding diaryl/α,β-unsaturated/α-hetero) is 1. The first-order valence-electron chi connectivity index (χ1n) is 6.58. The smallest absolute Gasteiger partial charge is 0.198 e. The molecule has 0 unspecified atom stereocenters. The zero-order valence-corrected chi connectivity index (χ0v) is 10.8. The summed E-state index contributed by atoms with van der Waals surface area (Å²) in [6, 6.07) is 1.66. The summed E-state index contributed by atoms with van der Waals surface area (Å²) in [5.74, 6) is -0.00495. The Bertz CT molecular complexity index is 420. The quantitative estimate of drug-likeness (QED) is 0.832. The van der Waals surface area contributed by atoms with Crippen molar-refractivity contribution >= 4 is 11.5 Å². The fourth-order valence-corrected chi connectivity index (χ4v) is 2.68. The van der Waals surface area contributed by atoms with Crippen LogP contribution in [0.4, 0.5) is 5.69 Å². The van der Waals surface area contributed by atoms with Gasteiger partial charge < -0.3 is 10.5 Å². The number of nitrogens with zero attached hydrogens (tertiary/aromatic N) is 1. The van der Waals surface area contributed by atoms with Crippen LogP contribution in [0.1, 0.15) is 49.4 Å². The van der Waals surface area contributed by atoms with E-state index in [4.69, 9.17) is 10.5 Å². The SMILES string of the molecule is CCOC1(C(=O)c2cnccc2N)CCCCC1. The molecule has 1 aliphatic carbocycles.